The number of aryl methyl sites for hydroxylation is 1. The van der Waals surface area contributed by atoms with E-state index < -0.39 is 0 Å². The van der Waals surface area contributed by atoms with Crippen LogP contribution in [0.4, 0.5) is 5.69 Å². The Morgan fingerprint density at radius 2 is 1.93 bits per heavy atom. The van der Waals surface area contributed by atoms with Crippen molar-refractivity contribution in [3.8, 4) is 0 Å². The first kappa shape index (κ1) is 20.0. The van der Waals surface area contributed by atoms with Crippen LogP contribution in [0.25, 0.3) is 10.2 Å². The summed E-state index contributed by atoms with van der Waals surface area (Å²) >= 11 is 1.49. The van der Waals surface area contributed by atoms with Gasteiger partial charge in [0.15, 0.2) is 5.52 Å². The first-order valence-electron chi connectivity index (χ1n) is 9.17. The molecule has 3 rings (SSSR count). The Morgan fingerprint density at radius 3 is 2.54 bits per heavy atom. The summed E-state index contributed by atoms with van der Waals surface area (Å²) in [5, 5.41) is 8.06. The lowest BCUT2D eigenvalue weighted by Crippen LogP contribution is -2.33. The minimum Gasteiger partial charge on any atom is -0.378 e. The molecule has 3 aromatic rings. The molecule has 148 valence electrons. The molecular weight excluding hydrogens is 374 g/mol. The normalized spacial score (nSPS) is 11.2. The highest BCUT2D eigenvalue weighted by atomic mass is 32.1. The van der Waals surface area contributed by atoms with Crippen LogP contribution in [0.5, 0.6) is 0 Å². The number of benzene rings is 1. The number of aromatic nitrogens is 3. The molecule has 0 spiro atoms. The average molecular weight is 400 g/mol. The van der Waals surface area contributed by atoms with Crippen LogP contribution in [-0.4, -0.2) is 34.8 Å². The molecule has 0 bridgehead atoms. The smallest absolute Gasteiger partial charge is 0.294 e. The number of nitrogens with one attached hydrogen (secondary N) is 1. The van der Waals surface area contributed by atoms with E-state index in [1.54, 1.807) is 0 Å². The van der Waals surface area contributed by atoms with Crippen LogP contribution in [0.2, 0.25) is 0 Å². The van der Waals surface area contributed by atoms with E-state index in [0.717, 1.165) is 21.0 Å². The van der Waals surface area contributed by atoms with Gasteiger partial charge >= 0.3 is 0 Å². The Morgan fingerprint density at radius 1 is 1.25 bits per heavy atom. The van der Waals surface area contributed by atoms with Gasteiger partial charge in [-0.15, -0.1) is 11.3 Å². The van der Waals surface area contributed by atoms with Crippen LogP contribution in [0.3, 0.4) is 0 Å². The zero-order chi connectivity index (χ0) is 20.4. The molecule has 0 atom stereocenters. The van der Waals surface area contributed by atoms with Crippen molar-refractivity contribution in [1.82, 2.24) is 20.1 Å². The van der Waals surface area contributed by atoms with E-state index >= 15 is 0 Å². The first-order chi connectivity index (χ1) is 13.3. The summed E-state index contributed by atoms with van der Waals surface area (Å²) in [6, 6.07) is 7.94. The first-order valence-corrected chi connectivity index (χ1v) is 9.99. The second-order valence-electron chi connectivity index (χ2n) is 7.27. The van der Waals surface area contributed by atoms with Gasteiger partial charge in [0.2, 0.25) is 5.91 Å². The van der Waals surface area contributed by atoms with Gasteiger partial charge in [-0.1, -0.05) is 26.0 Å². The van der Waals surface area contributed by atoms with Gasteiger partial charge in [0.05, 0.1) is 15.4 Å². The Hall–Kier alpha value is -2.74. The van der Waals surface area contributed by atoms with Gasteiger partial charge in [-0.2, -0.15) is 5.10 Å². The molecule has 2 heterocycles. The maximum atomic E-state index is 12.7. The Kier molecular flexibility index (Phi) is 5.79. The lowest BCUT2D eigenvalue weighted by molar-refractivity contribution is -0.122. The topological polar surface area (TPSA) is 80.1 Å². The van der Waals surface area contributed by atoms with Crippen LogP contribution >= 0.6 is 11.3 Å². The predicted octanol–water partition coefficient (Wildman–Crippen LogP) is 2.67. The van der Waals surface area contributed by atoms with Crippen molar-refractivity contribution >= 4 is 33.1 Å². The van der Waals surface area contributed by atoms with Gasteiger partial charge in [-0.3, -0.25) is 9.59 Å². The van der Waals surface area contributed by atoms with Crippen LogP contribution in [-0.2, 0) is 17.9 Å². The average Bonchev–Trinajstić information content (AvgIpc) is 3.11. The Balaban J connectivity index is 1.72. The molecule has 28 heavy (non-hydrogen) atoms. The molecule has 0 unspecified atom stereocenters. The number of carbonyl (C=O) groups is 1. The number of amides is 1. The summed E-state index contributed by atoms with van der Waals surface area (Å²) in [4.78, 5) is 31.5. The van der Waals surface area contributed by atoms with Crippen LogP contribution in [0, 0.1) is 6.92 Å². The molecule has 1 aromatic carbocycles. The highest BCUT2D eigenvalue weighted by Gasteiger charge is 2.16. The summed E-state index contributed by atoms with van der Waals surface area (Å²) in [6.07, 6.45) is 0. The predicted molar refractivity (Wildman–Crippen MR) is 113 cm³/mol. The third-order valence-electron chi connectivity index (χ3n) is 4.41. The SMILES string of the molecule is Cc1nn(CC(=O)NCc2ccc(N(C)C)cc2)c(=O)c2nc(C(C)C)sc12. The van der Waals surface area contributed by atoms with Crippen LogP contribution in [0.15, 0.2) is 29.1 Å². The third kappa shape index (κ3) is 4.22. The minimum atomic E-state index is -0.325. The molecule has 8 heteroatoms. The summed E-state index contributed by atoms with van der Waals surface area (Å²) in [6.45, 7) is 6.19. The lowest BCUT2D eigenvalue weighted by atomic mass is 10.2. The second kappa shape index (κ2) is 8.10. The molecule has 0 saturated heterocycles. The number of hydrogen-bond acceptors (Lipinski definition) is 6. The zero-order valence-corrected chi connectivity index (χ0v) is 17.6. The van der Waals surface area contributed by atoms with E-state index in [1.165, 1.54) is 16.0 Å². The third-order valence-corrected chi connectivity index (χ3v) is 5.87. The second-order valence-corrected chi connectivity index (χ2v) is 8.30. The van der Waals surface area contributed by atoms with Gasteiger partial charge in [0, 0.05) is 32.2 Å². The minimum absolute atomic E-state index is 0.125. The molecule has 7 nitrogen and oxygen atoms in total. The molecule has 2 aromatic heterocycles. The van der Waals surface area contributed by atoms with Crippen molar-refractivity contribution in [2.75, 3.05) is 19.0 Å². The highest BCUT2D eigenvalue weighted by Crippen LogP contribution is 2.26. The Labute approximate surface area is 168 Å². The largest absolute Gasteiger partial charge is 0.378 e. The number of nitrogens with zero attached hydrogens (tertiary/aromatic N) is 4. The monoisotopic (exact) mass is 399 g/mol. The van der Waals surface area contributed by atoms with Crippen LogP contribution in [0.1, 0.15) is 36.0 Å². The van der Waals surface area contributed by atoms with Crippen molar-refractivity contribution in [3.63, 3.8) is 0 Å². The molecular formula is C20H25N5O2S. The summed E-state index contributed by atoms with van der Waals surface area (Å²) in [5.74, 6) is -0.0174. The van der Waals surface area contributed by atoms with Gasteiger partial charge in [-0.05, 0) is 24.6 Å². The number of hydrogen-bond donors (Lipinski definition) is 1. The van der Waals surface area contributed by atoms with Gasteiger partial charge in [0.25, 0.3) is 5.56 Å². The molecule has 0 radical (unpaired) electrons. The van der Waals surface area contributed by atoms with Gasteiger partial charge < -0.3 is 10.2 Å². The number of carbonyl (C=O) groups excluding carboxylic acids is 1. The molecule has 0 aliphatic carbocycles. The van der Waals surface area contributed by atoms with Crippen molar-refractivity contribution < 1.29 is 4.79 Å². The maximum absolute atomic E-state index is 12.7. The molecule has 1 N–H and O–H groups in total. The molecule has 0 fully saturated rings. The van der Waals surface area contributed by atoms with E-state index in [9.17, 15) is 9.59 Å². The van der Waals surface area contributed by atoms with Crippen molar-refractivity contribution in [2.24, 2.45) is 0 Å². The zero-order valence-electron chi connectivity index (χ0n) is 16.8. The van der Waals surface area contributed by atoms with E-state index in [4.69, 9.17) is 0 Å². The molecule has 0 saturated carbocycles. The van der Waals surface area contributed by atoms with Gasteiger partial charge in [0.1, 0.15) is 6.54 Å². The number of anilines is 1. The summed E-state index contributed by atoms with van der Waals surface area (Å²) < 4.78 is 2.00. The lowest BCUT2D eigenvalue weighted by Gasteiger charge is -2.13. The van der Waals surface area contributed by atoms with E-state index in [-0.39, 0.29) is 23.9 Å². The molecule has 0 aliphatic rings. The number of thiazole rings is 1. The summed E-state index contributed by atoms with van der Waals surface area (Å²) in [5.41, 5.74) is 2.87. The van der Waals surface area contributed by atoms with Crippen molar-refractivity contribution in [3.05, 3.63) is 50.9 Å². The molecule has 0 aliphatic heterocycles. The number of fused-ring (bicyclic) bond motifs is 1. The standard InChI is InChI=1S/C20H25N5O2S/c1-12(2)19-22-17-18(28-19)13(3)23-25(20(17)27)11-16(26)21-10-14-6-8-15(9-7-14)24(4)5/h6-9,12H,10-11H2,1-5H3,(H,21,26). The quantitative estimate of drug-likeness (QED) is 0.689. The van der Waals surface area contributed by atoms with Crippen molar-refractivity contribution in [2.45, 2.75) is 39.8 Å². The van der Waals surface area contributed by atoms with E-state index in [0.29, 0.717) is 17.8 Å². The van der Waals surface area contributed by atoms with E-state index in [2.05, 4.69) is 15.4 Å². The molecule has 1 amide bonds. The Bertz CT molecular complexity index is 1050. The fourth-order valence-corrected chi connectivity index (χ4v) is 3.78. The van der Waals surface area contributed by atoms with Crippen LogP contribution < -0.4 is 15.8 Å². The van der Waals surface area contributed by atoms with E-state index in [1.807, 2.05) is 64.0 Å². The van der Waals surface area contributed by atoms with Crippen molar-refractivity contribution in [1.29, 1.82) is 0 Å². The number of rotatable bonds is 6. The highest BCUT2D eigenvalue weighted by molar-refractivity contribution is 7.18. The fourth-order valence-electron chi connectivity index (χ4n) is 2.78. The maximum Gasteiger partial charge on any atom is 0.294 e. The fraction of sp³-hybridized carbons (Fsp3) is 0.400. The summed E-state index contributed by atoms with van der Waals surface area (Å²) in [7, 11) is 3.96. The van der Waals surface area contributed by atoms with Gasteiger partial charge in [-0.25, -0.2) is 9.67 Å².